The minimum absolute atomic E-state index is 0.213. The molecule has 4 rings (SSSR count). The molecular weight excluding hydrogens is 380 g/mol. The minimum atomic E-state index is -1.26. The number of hydrogen-bond donors (Lipinski definition) is 4. The number of hydrogen-bond acceptors (Lipinski definition) is 9. The highest BCUT2D eigenvalue weighted by Gasteiger charge is 2.44. The first-order valence-electron chi connectivity index (χ1n) is 9.02. The van der Waals surface area contributed by atoms with Gasteiger partial charge in [-0.1, -0.05) is 12.1 Å². The molecule has 0 amide bonds. The number of nitrogen functional groups attached to an aromatic ring is 1. The summed E-state index contributed by atoms with van der Waals surface area (Å²) in [5.41, 5.74) is 7.34. The van der Waals surface area contributed by atoms with Crippen molar-refractivity contribution in [3.63, 3.8) is 0 Å². The fraction of sp³-hybridized carbons (Fsp3) is 0.368. The molecule has 1 aliphatic heterocycles. The molecule has 0 aliphatic carbocycles. The standard InChI is InChI=1S/C19H22N4O6/c1-27-11-4-2-10(3-5-11)8-28-12-6-23(18-14(12)17(20)21-9-22-18)19-16(26)15(25)13(7-24)29-19/h2-6,9,13,15-16,19,24-26H,7-8H2,1H3,(H2,20,21,22)/t13-,15-,16-,19-/m1/s1. The van der Waals surface area contributed by atoms with Crippen LogP contribution in [0.25, 0.3) is 11.0 Å². The van der Waals surface area contributed by atoms with E-state index in [9.17, 15) is 15.3 Å². The van der Waals surface area contributed by atoms with Gasteiger partial charge in [0.1, 0.15) is 48.2 Å². The molecule has 3 aromatic rings. The highest BCUT2D eigenvalue weighted by molar-refractivity contribution is 5.92. The summed E-state index contributed by atoms with van der Waals surface area (Å²) in [6.07, 6.45) is -1.46. The smallest absolute Gasteiger partial charge is 0.164 e. The molecule has 0 bridgehead atoms. The molecule has 0 unspecified atom stereocenters. The molecule has 1 saturated heterocycles. The molecule has 29 heavy (non-hydrogen) atoms. The van der Waals surface area contributed by atoms with Crippen LogP contribution in [0.2, 0.25) is 0 Å². The Morgan fingerprint density at radius 2 is 1.93 bits per heavy atom. The predicted octanol–water partition coefficient (Wildman–Crippen LogP) is 0.213. The number of ether oxygens (including phenoxy) is 3. The summed E-state index contributed by atoms with van der Waals surface area (Å²) in [5, 5.41) is 30.3. The van der Waals surface area contributed by atoms with E-state index in [-0.39, 0.29) is 12.4 Å². The Balaban J connectivity index is 1.66. The number of rotatable bonds is 6. The third-order valence-corrected chi connectivity index (χ3v) is 4.95. The van der Waals surface area contributed by atoms with E-state index in [1.54, 1.807) is 13.3 Å². The fourth-order valence-corrected chi connectivity index (χ4v) is 3.37. The molecule has 154 valence electrons. The van der Waals surface area contributed by atoms with Gasteiger partial charge in [-0.3, -0.25) is 4.57 Å². The number of anilines is 1. The van der Waals surface area contributed by atoms with Crippen molar-refractivity contribution in [3.8, 4) is 11.5 Å². The van der Waals surface area contributed by atoms with E-state index >= 15 is 0 Å². The van der Waals surface area contributed by atoms with Crippen molar-refractivity contribution in [1.29, 1.82) is 0 Å². The van der Waals surface area contributed by atoms with Crippen LogP contribution in [0, 0.1) is 0 Å². The van der Waals surface area contributed by atoms with Gasteiger partial charge in [0.25, 0.3) is 0 Å². The van der Waals surface area contributed by atoms with Crippen LogP contribution in [-0.2, 0) is 11.3 Å². The molecule has 10 heteroatoms. The molecular formula is C19H22N4O6. The third kappa shape index (κ3) is 3.47. The molecule has 3 heterocycles. The van der Waals surface area contributed by atoms with Crippen molar-refractivity contribution in [3.05, 3.63) is 42.4 Å². The largest absolute Gasteiger partial charge is 0.497 e. The van der Waals surface area contributed by atoms with E-state index in [0.29, 0.717) is 16.8 Å². The summed E-state index contributed by atoms with van der Waals surface area (Å²) in [6.45, 7) is -0.167. The van der Waals surface area contributed by atoms with Crippen molar-refractivity contribution in [2.45, 2.75) is 31.1 Å². The van der Waals surface area contributed by atoms with E-state index in [2.05, 4.69) is 9.97 Å². The molecule has 1 aromatic carbocycles. The maximum atomic E-state index is 10.4. The van der Waals surface area contributed by atoms with Crippen LogP contribution < -0.4 is 15.2 Å². The first-order valence-corrected chi connectivity index (χ1v) is 9.02. The molecule has 5 N–H and O–H groups in total. The zero-order chi connectivity index (χ0) is 20.5. The van der Waals surface area contributed by atoms with Gasteiger partial charge < -0.3 is 35.3 Å². The van der Waals surface area contributed by atoms with E-state index in [0.717, 1.165) is 11.3 Å². The second-order valence-corrected chi connectivity index (χ2v) is 6.72. The SMILES string of the molecule is COc1ccc(COc2cn([C@@H]3O[C@H](CO)[C@@H](O)[C@H]3O)c3ncnc(N)c23)cc1. The number of aliphatic hydroxyl groups excluding tert-OH is 3. The normalized spacial score (nSPS) is 24.1. The van der Waals surface area contributed by atoms with Crippen LogP contribution in [0.3, 0.4) is 0 Å². The Morgan fingerprint density at radius 1 is 1.17 bits per heavy atom. The van der Waals surface area contributed by atoms with Crippen LogP contribution in [0.4, 0.5) is 5.82 Å². The lowest BCUT2D eigenvalue weighted by Crippen LogP contribution is -2.33. The predicted molar refractivity (Wildman–Crippen MR) is 102 cm³/mol. The zero-order valence-electron chi connectivity index (χ0n) is 15.7. The number of nitrogens with zero attached hydrogens (tertiary/aromatic N) is 3. The summed E-state index contributed by atoms with van der Waals surface area (Å²) in [4.78, 5) is 8.25. The number of aromatic nitrogens is 3. The average molecular weight is 402 g/mol. The Morgan fingerprint density at radius 3 is 2.59 bits per heavy atom. The molecule has 10 nitrogen and oxygen atoms in total. The third-order valence-electron chi connectivity index (χ3n) is 4.95. The molecule has 0 spiro atoms. The number of aliphatic hydroxyl groups is 3. The quantitative estimate of drug-likeness (QED) is 0.455. The Kier molecular flexibility index (Phi) is 5.24. The summed E-state index contributed by atoms with van der Waals surface area (Å²) in [7, 11) is 1.60. The Bertz CT molecular complexity index is 992. The maximum absolute atomic E-state index is 10.4. The summed E-state index contributed by atoms with van der Waals surface area (Å²) in [6, 6.07) is 7.42. The van der Waals surface area contributed by atoms with Crippen LogP contribution in [0.5, 0.6) is 11.5 Å². The van der Waals surface area contributed by atoms with E-state index in [1.165, 1.54) is 10.9 Å². The highest BCUT2D eigenvalue weighted by atomic mass is 16.6. The van der Waals surface area contributed by atoms with Gasteiger partial charge in [-0.15, -0.1) is 0 Å². The lowest BCUT2D eigenvalue weighted by atomic mass is 10.1. The first-order chi connectivity index (χ1) is 14.0. The van der Waals surface area contributed by atoms with Crippen LogP contribution >= 0.6 is 0 Å². The van der Waals surface area contributed by atoms with Gasteiger partial charge in [0.15, 0.2) is 17.6 Å². The van der Waals surface area contributed by atoms with E-state index < -0.39 is 31.1 Å². The number of fused-ring (bicyclic) bond motifs is 1. The summed E-state index contributed by atoms with van der Waals surface area (Å²) >= 11 is 0. The lowest BCUT2D eigenvalue weighted by molar-refractivity contribution is -0.0510. The summed E-state index contributed by atoms with van der Waals surface area (Å²) in [5.74, 6) is 1.37. The van der Waals surface area contributed by atoms with Crippen LogP contribution in [0.1, 0.15) is 11.8 Å². The second-order valence-electron chi connectivity index (χ2n) is 6.72. The van der Waals surface area contributed by atoms with Crippen molar-refractivity contribution >= 4 is 16.9 Å². The first kappa shape index (κ1) is 19.4. The molecule has 0 saturated carbocycles. The number of benzene rings is 1. The Labute approximate surface area is 166 Å². The minimum Gasteiger partial charge on any atom is -0.497 e. The van der Waals surface area contributed by atoms with Crippen molar-refractivity contribution in [2.75, 3.05) is 19.5 Å². The maximum Gasteiger partial charge on any atom is 0.164 e. The van der Waals surface area contributed by atoms with Gasteiger partial charge in [-0.2, -0.15) is 0 Å². The van der Waals surface area contributed by atoms with Crippen LogP contribution in [0.15, 0.2) is 36.8 Å². The monoisotopic (exact) mass is 402 g/mol. The van der Waals surface area contributed by atoms with Gasteiger partial charge in [0.05, 0.1) is 19.9 Å². The number of methoxy groups -OCH3 is 1. The molecule has 2 aromatic heterocycles. The summed E-state index contributed by atoms with van der Waals surface area (Å²) < 4.78 is 18.2. The van der Waals surface area contributed by atoms with Crippen LogP contribution in [-0.4, -0.2) is 61.9 Å². The highest BCUT2D eigenvalue weighted by Crippen LogP contribution is 2.37. The molecule has 1 fully saturated rings. The van der Waals surface area contributed by atoms with E-state index in [4.69, 9.17) is 19.9 Å². The average Bonchev–Trinajstić information content (AvgIpc) is 3.25. The van der Waals surface area contributed by atoms with Gasteiger partial charge in [0, 0.05) is 0 Å². The van der Waals surface area contributed by atoms with Crippen molar-refractivity contribution in [2.24, 2.45) is 0 Å². The zero-order valence-corrected chi connectivity index (χ0v) is 15.7. The van der Waals surface area contributed by atoms with Crippen molar-refractivity contribution in [1.82, 2.24) is 14.5 Å². The Hall–Kier alpha value is -2.92. The van der Waals surface area contributed by atoms with Crippen molar-refractivity contribution < 1.29 is 29.5 Å². The van der Waals surface area contributed by atoms with Gasteiger partial charge >= 0.3 is 0 Å². The molecule has 1 aliphatic rings. The second kappa shape index (κ2) is 7.84. The van der Waals surface area contributed by atoms with Gasteiger partial charge in [-0.05, 0) is 17.7 Å². The molecule has 4 atom stereocenters. The van der Waals surface area contributed by atoms with Gasteiger partial charge in [-0.25, -0.2) is 9.97 Å². The topological polar surface area (TPSA) is 145 Å². The molecule has 0 radical (unpaired) electrons. The van der Waals surface area contributed by atoms with E-state index in [1.807, 2.05) is 24.3 Å². The number of nitrogens with two attached hydrogens (primary N) is 1. The van der Waals surface area contributed by atoms with Gasteiger partial charge in [0.2, 0.25) is 0 Å². The fourth-order valence-electron chi connectivity index (χ4n) is 3.37. The lowest BCUT2D eigenvalue weighted by Gasteiger charge is -2.17.